The molecule has 0 saturated heterocycles. The van der Waals surface area contributed by atoms with Crippen molar-refractivity contribution in [1.82, 2.24) is 5.32 Å². The third kappa shape index (κ3) is 3.55. The first kappa shape index (κ1) is 12.6. The maximum Gasteiger partial charge on any atom is 0.0555 e. The van der Waals surface area contributed by atoms with Crippen LogP contribution in [0.4, 0.5) is 0 Å². The first-order valence-corrected chi connectivity index (χ1v) is 6.63. The van der Waals surface area contributed by atoms with Crippen LogP contribution in [0.5, 0.6) is 0 Å². The molecule has 0 aliphatic heterocycles. The van der Waals surface area contributed by atoms with Crippen molar-refractivity contribution >= 4 is 0 Å². The fourth-order valence-electron chi connectivity index (χ4n) is 2.53. The van der Waals surface area contributed by atoms with E-state index in [1.165, 1.54) is 23.1 Å². The van der Waals surface area contributed by atoms with Crippen molar-refractivity contribution in [3.05, 3.63) is 34.9 Å². The van der Waals surface area contributed by atoms with E-state index >= 15 is 0 Å². The number of rotatable bonds is 3. The lowest BCUT2D eigenvalue weighted by atomic mass is 9.93. The van der Waals surface area contributed by atoms with Crippen LogP contribution in [0.2, 0.25) is 0 Å². The monoisotopic (exact) mass is 233 g/mol. The predicted octanol–water partition coefficient (Wildman–Crippen LogP) is 2.70. The lowest BCUT2D eigenvalue weighted by Crippen LogP contribution is -2.35. The third-order valence-corrected chi connectivity index (χ3v) is 3.81. The van der Waals surface area contributed by atoms with Gasteiger partial charge in [-0.2, -0.15) is 0 Å². The van der Waals surface area contributed by atoms with Gasteiger partial charge in [0.25, 0.3) is 0 Å². The van der Waals surface area contributed by atoms with Gasteiger partial charge in [0.2, 0.25) is 0 Å². The van der Waals surface area contributed by atoms with Crippen LogP contribution in [-0.4, -0.2) is 17.3 Å². The molecule has 0 radical (unpaired) electrons. The smallest absolute Gasteiger partial charge is 0.0555 e. The van der Waals surface area contributed by atoms with Crippen LogP contribution < -0.4 is 5.32 Å². The summed E-state index contributed by atoms with van der Waals surface area (Å²) in [6.45, 7) is 5.21. The molecule has 17 heavy (non-hydrogen) atoms. The lowest BCUT2D eigenvalue weighted by molar-refractivity contribution is 0.111. The first-order chi connectivity index (χ1) is 8.15. The SMILES string of the molecule is Cc1ccc(CNC2CCCC(O)C2)cc1C. The van der Waals surface area contributed by atoms with Crippen LogP contribution in [0, 0.1) is 13.8 Å². The van der Waals surface area contributed by atoms with Crippen molar-refractivity contribution in [2.24, 2.45) is 0 Å². The van der Waals surface area contributed by atoms with E-state index in [1.54, 1.807) is 0 Å². The molecule has 0 bridgehead atoms. The summed E-state index contributed by atoms with van der Waals surface area (Å²) in [7, 11) is 0. The van der Waals surface area contributed by atoms with Crippen molar-refractivity contribution < 1.29 is 5.11 Å². The Morgan fingerprint density at radius 2 is 2.06 bits per heavy atom. The molecule has 94 valence electrons. The highest BCUT2D eigenvalue weighted by Crippen LogP contribution is 2.19. The minimum absolute atomic E-state index is 0.0963. The fourth-order valence-corrected chi connectivity index (χ4v) is 2.53. The van der Waals surface area contributed by atoms with Gasteiger partial charge in [0.1, 0.15) is 0 Å². The molecule has 1 aromatic rings. The summed E-state index contributed by atoms with van der Waals surface area (Å²) in [6.07, 6.45) is 4.13. The number of benzene rings is 1. The van der Waals surface area contributed by atoms with Gasteiger partial charge in [-0.1, -0.05) is 18.2 Å². The summed E-state index contributed by atoms with van der Waals surface area (Å²) in [6, 6.07) is 7.11. The Bertz CT molecular complexity index is 375. The predicted molar refractivity (Wildman–Crippen MR) is 71.0 cm³/mol. The number of hydrogen-bond donors (Lipinski definition) is 2. The van der Waals surface area contributed by atoms with Crippen molar-refractivity contribution in [2.75, 3.05) is 0 Å². The standard InChI is InChI=1S/C15H23NO/c1-11-6-7-13(8-12(11)2)10-16-14-4-3-5-15(17)9-14/h6-8,14-17H,3-5,9-10H2,1-2H3. The summed E-state index contributed by atoms with van der Waals surface area (Å²) >= 11 is 0. The maximum atomic E-state index is 9.62. The summed E-state index contributed by atoms with van der Waals surface area (Å²) < 4.78 is 0. The molecule has 1 fully saturated rings. The van der Waals surface area contributed by atoms with Gasteiger partial charge in [-0.15, -0.1) is 0 Å². The van der Waals surface area contributed by atoms with E-state index in [4.69, 9.17) is 0 Å². The Balaban J connectivity index is 1.86. The molecule has 2 heteroatoms. The van der Waals surface area contributed by atoms with Crippen molar-refractivity contribution in [3.8, 4) is 0 Å². The number of aliphatic hydroxyl groups excluding tert-OH is 1. The Labute approximate surface area is 104 Å². The van der Waals surface area contributed by atoms with E-state index in [0.29, 0.717) is 6.04 Å². The van der Waals surface area contributed by atoms with Gasteiger partial charge >= 0.3 is 0 Å². The Hall–Kier alpha value is -0.860. The maximum absolute atomic E-state index is 9.62. The van der Waals surface area contributed by atoms with Crippen LogP contribution >= 0.6 is 0 Å². The second kappa shape index (κ2) is 5.65. The molecule has 2 atom stereocenters. The first-order valence-electron chi connectivity index (χ1n) is 6.63. The van der Waals surface area contributed by atoms with Gasteiger partial charge in [0.15, 0.2) is 0 Å². The van der Waals surface area contributed by atoms with E-state index in [-0.39, 0.29) is 6.10 Å². The van der Waals surface area contributed by atoms with Crippen LogP contribution in [0.1, 0.15) is 42.4 Å². The average Bonchev–Trinajstić information content (AvgIpc) is 2.31. The van der Waals surface area contributed by atoms with E-state index in [2.05, 4.69) is 37.4 Å². The molecule has 2 nitrogen and oxygen atoms in total. The molecule has 2 N–H and O–H groups in total. The zero-order valence-corrected chi connectivity index (χ0v) is 10.9. The van der Waals surface area contributed by atoms with Gasteiger partial charge in [-0.25, -0.2) is 0 Å². The van der Waals surface area contributed by atoms with Gasteiger partial charge < -0.3 is 10.4 Å². The summed E-state index contributed by atoms with van der Waals surface area (Å²) in [5.41, 5.74) is 4.04. The molecule has 0 aromatic heterocycles. The van der Waals surface area contributed by atoms with Crippen molar-refractivity contribution in [1.29, 1.82) is 0 Å². The minimum Gasteiger partial charge on any atom is -0.393 e. The van der Waals surface area contributed by atoms with E-state index in [1.807, 2.05) is 0 Å². The van der Waals surface area contributed by atoms with E-state index in [0.717, 1.165) is 25.8 Å². The number of nitrogens with one attached hydrogen (secondary N) is 1. The highest BCUT2D eigenvalue weighted by Gasteiger charge is 2.19. The van der Waals surface area contributed by atoms with Crippen molar-refractivity contribution in [3.63, 3.8) is 0 Å². The Kier molecular flexibility index (Phi) is 4.19. The quantitative estimate of drug-likeness (QED) is 0.841. The average molecular weight is 233 g/mol. The molecule has 1 aromatic carbocycles. The van der Waals surface area contributed by atoms with Gasteiger partial charge in [-0.05, 0) is 56.2 Å². The summed E-state index contributed by atoms with van der Waals surface area (Å²) in [4.78, 5) is 0. The Morgan fingerprint density at radius 3 is 2.76 bits per heavy atom. The molecule has 1 saturated carbocycles. The van der Waals surface area contributed by atoms with Crippen LogP contribution in [0.25, 0.3) is 0 Å². The largest absolute Gasteiger partial charge is 0.393 e. The van der Waals surface area contributed by atoms with Crippen LogP contribution in [0.15, 0.2) is 18.2 Å². The van der Waals surface area contributed by atoms with E-state index in [9.17, 15) is 5.11 Å². The van der Waals surface area contributed by atoms with E-state index < -0.39 is 0 Å². The summed E-state index contributed by atoms with van der Waals surface area (Å²) in [5.74, 6) is 0. The zero-order chi connectivity index (χ0) is 12.3. The topological polar surface area (TPSA) is 32.3 Å². The third-order valence-electron chi connectivity index (χ3n) is 3.81. The normalized spacial score (nSPS) is 24.9. The van der Waals surface area contributed by atoms with Crippen molar-refractivity contribution in [2.45, 2.75) is 58.2 Å². The Morgan fingerprint density at radius 1 is 1.24 bits per heavy atom. The number of aliphatic hydroxyl groups is 1. The molecular weight excluding hydrogens is 210 g/mol. The molecule has 0 spiro atoms. The van der Waals surface area contributed by atoms with Crippen LogP contribution in [0.3, 0.4) is 0 Å². The molecule has 0 amide bonds. The van der Waals surface area contributed by atoms with Gasteiger partial charge in [0.05, 0.1) is 6.10 Å². The number of hydrogen-bond acceptors (Lipinski definition) is 2. The highest BCUT2D eigenvalue weighted by atomic mass is 16.3. The van der Waals surface area contributed by atoms with Gasteiger partial charge in [0, 0.05) is 12.6 Å². The second-order valence-electron chi connectivity index (χ2n) is 5.32. The van der Waals surface area contributed by atoms with Gasteiger partial charge in [-0.3, -0.25) is 0 Å². The summed E-state index contributed by atoms with van der Waals surface area (Å²) in [5, 5.41) is 13.2. The number of aryl methyl sites for hydroxylation is 2. The molecular formula is C15H23NO. The second-order valence-corrected chi connectivity index (χ2v) is 5.32. The zero-order valence-electron chi connectivity index (χ0n) is 10.9. The highest BCUT2D eigenvalue weighted by molar-refractivity contribution is 5.29. The minimum atomic E-state index is -0.0963. The van der Waals surface area contributed by atoms with Crippen LogP contribution in [-0.2, 0) is 6.54 Å². The molecule has 2 unspecified atom stereocenters. The molecule has 2 rings (SSSR count). The lowest BCUT2D eigenvalue weighted by Gasteiger charge is -2.26. The molecule has 1 aliphatic rings. The molecule has 0 heterocycles. The fraction of sp³-hybridized carbons (Fsp3) is 0.600. The molecule has 1 aliphatic carbocycles.